The summed E-state index contributed by atoms with van der Waals surface area (Å²) in [6, 6.07) is 8.63. The third kappa shape index (κ3) is 3.98. The highest BCUT2D eigenvalue weighted by Gasteiger charge is 2.25. The molecule has 0 amide bonds. The fourth-order valence-corrected chi connectivity index (χ4v) is 5.00. The predicted molar refractivity (Wildman–Crippen MR) is 125 cm³/mol. The summed E-state index contributed by atoms with van der Waals surface area (Å²) in [5, 5.41) is 5.45. The molecular weight excluding hydrogens is 408 g/mol. The number of nitrogens with two attached hydrogens (primary N) is 2. The van der Waals surface area contributed by atoms with Crippen molar-refractivity contribution >= 4 is 34.3 Å². The highest BCUT2D eigenvalue weighted by molar-refractivity contribution is 7.13. The maximum absolute atomic E-state index is 6.08. The SMILES string of the molecule is NCCc1nc2c(NCc3ccc(-c4cccs4)nc3)nc(N)nc2n1C1CCCC1. The third-order valence-corrected chi connectivity index (χ3v) is 6.64. The van der Waals surface area contributed by atoms with Crippen molar-refractivity contribution in [3.63, 3.8) is 0 Å². The molecule has 0 radical (unpaired) electrons. The second kappa shape index (κ2) is 8.60. The number of hydrogen-bond acceptors (Lipinski definition) is 8. The first-order chi connectivity index (χ1) is 15.2. The molecule has 1 fully saturated rings. The summed E-state index contributed by atoms with van der Waals surface area (Å²) in [6.07, 6.45) is 7.33. The Hall–Kier alpha value is -3.04. The zero-order valence-electron chi connectivity index (χ0n) is 17.3. The first kappa shape index (κ1) is 19.9. The van der Waals surface area contributed by atoms with Crippen molar-refractivity contribution in [3.05, 3.63) is 47.2 Å². The standard InChI is InChI=1S/C22H26N8S/c23-10-9-18-27-19-20(28-22(24)29-21(19)30(18)15-4-1-2-5-15)26-13-14-7-8-16(25-12-14)17-6-3-11-31-17/h3,6-8,11-12,15H,1-2,4-5,9-10,13,23H2,(H3,24,26,28,29). The first-order valence-electron chi connectivity index (χ1n) is 10.7. The van der Waals surface area contributed by atoms with E-state index in [1.165, 1.54) is 12.8 Å². The Morgan fingerprint density at radius 3 is 2.71 bits per heavy atom. The van der Waals surface area contributed by atoms with Crippen LogP contribution in [0, 0.1) is 0 Å². The number of rotatable bonds is 7. The van der Waals surface area contributed by atoms with Crippen molar-refractivity contribution in [1.29, 1.82) is 0 Å². The quantitative estimate of drug-likeness (QED) is 0.405. The molecule has 8 nitrogen and oxygen atoms in total. The molecule has 9 heteroatoms. The lowest BCUT2D eigenvalue weighted by Gasteiger charge is -2.15. The van der Waals surface area contributed by atoms with Gasteiger partial charge in [0, 0.05) is 25.2 Å². The molecule has 4 aromatic heterocycles. The van der Waals surface area contributed by atoms with Gasteiger partial charge in [0.05, 0.1) is 10.6 Å². The molecule has 1 aliphatic carbocycles. The average Bonchev–Trinajstić information content (AvgIpc) is 3.53. The van der Waals surface area contributed by atoms with Gasteiger partial charge in [0.25, 0.3) is 0 Å². The minimum Gasteiger partial charge on any atom is -0.368 e. The van der Waals surface area contributed by atoms with Crippen LogP contribution in [0.4, 0.5) is 11.8 Å². The number of fused-ring (bicyclic) bond motifs is 1. The van der Waals surface area contributed by atoms with Crippen molar-refractivity contribution in [2.75, 3.05) is 17.6 Å². The van der Waals surface area contributed by atoms with Crippen LogP contribution in [0.15, 0.2) is 35.8 Å². The number of pyridine rings is 1. The Morgan fingerprint density at radius 2 is 2.00 bits per heavy atom. The zero-order chi connectivity index (χ0) is 21.2. The third-order valence-electron chi connectivity index (χ3n) is 5.75. The van der Waals surface area contributed by atoms with Gasteiger partial charge in [0.15, 0.2) is 17.0 Å². The molecule has 0 bridgehead atoms. The van der Waals surface area contributed by atoms with Crippen LogP contribution in [-0.4, -0.2) is 31.0 Å². The molecule has 4 aromatic rings. The Balaban J connectivity index is 1.43. The molecule has 160 valence electrons. The van der Waals surface area contributed by atoms with E-state index in [2.05, 4.69) is 42.3 Å². The van der Waals surface area contributed by atoms with E-state index in [0.29, 0.717) is 31.4 Å². The molecule has 0 spiro atoms. The van der Waals surface area contributed by atoms with Crippen LogP contribution < -0.4 is 16.8 Å². The number of aromatic nitrogens is 5. The summed E-state index contributed by atoms with van der Waals surface area (Å²) < 4.78 is 2.25. The van der Waals surface area contributed by atoms with Crippen LogP contribution in [0.5, 0.6) is 0 Å². The second-order valence-corrected chi connectivity index (χ2v) is 8.81. The van der Waals surface area contributed by atoms with Crippen LogP contribution in [0.1, 0.15) is 43.1 Å². The number of hydrogen-bond donors (Lipinski definition) is 3. The molecule has 5 N–H and O–H groups in total. The van der Waals surface area contributed by atoms with Gasteiger partial charge in [-0.15, -0.1) is 11.3 Å². The van der Waals surface area contributed by atoms with Crippen molar-refractivity contribution in [2.24, 2.45) is 5.73 Å². The molecule has 1 aliphatic rings. The average molecular weight is 435 g/mol. The van der Waals surface area contributed by atoms with Gasteiger partial charge in [-0.25, -0.2) is 4.98 Å². The Bertz CT molecular complexity index is 1160. The van der Waals surface area contributed by atoms with Gasteiger partial charge in [0.1, 0.15) is 5.82 Å². The number of anilines is 2. The summed E-state index contributed by atoms with van der Waals surface area (Å²) in [6.45, 7) is 1.12. The molecule has 5 rings (SSSR count). The smallest absolute Gasteiger partial charge is 0.224 e. The largest absolute Gasteiger partial charge is 0.368 e. The normalized spacial score (nSPS) is 14.5. The molecule has 0 unspecified atom stereocenters. The van der Waals surface area contributed by atoms with Crippen LogP contribution in [-0.2, 0) is 13.0 Å². The maximum atomic E-state index is 6.08. The molecule has 0 aromatic carbocycles. The molecule has 0 aliphatic heterocycles. The number of nitrogens with one attached hydrogen (secondary N) is 1. The van der Waals surface area contributed by atoms with Gasteiger partial charge in [0.2, 0.25) is 5.95 Å². The first-order valence-corrected chi connectivity index (χ1v) is 11.6. The number of imidazole rings is 1. The Labute approximate surface area is 184 Å². The van der Waals surface area contributed by atoms with E-state index < -0.39 is 0 Å². The van der Waals surface area contributed by atoms with E-state index in [1.54, 1.807) is 11.3 Å². The maximum Gasteiger partial charge on any atom is 0.224 e. The van der Waals surface area contributed by atoms with Gasteiger partial charge >= 0.3 is 0 Å². The van der Waals surface area contributed by atoms with Crippen molar-refractivity contribution in [1.82, 2.24) is 24.5 Å². The monoisotopic (exact) mass is 434 g/mol. The van der Waals surface area contributed by atoms with Crippen molar-refractivity contribution < 1.29 is 0 Å². The van der Waals surface area contributed by atoms with Gasteiger partial charge in [-0.1, -0.05) is 25.0 Å². The van der Waals surface area contributed by atoms with Crippen LogP contribution in [0.2, 0.25) is 0 Å². The fraction of sp³-hybridized carbons (Fsp3) is 0.364. The van der Waals surface area contributed by atoms with Crippen LogP contribution >= 0.6 is 11.3 Å². The lowest BCUT2D eigenvalue weighted by Crippen LogP contribution is -2.14. The lowest BCUT2D eigenvalue weighted by molar-refractivity contribution is 0.507. The molecule has 0 saturated heterocycles. The summed E-state index contributed by atoms with van der Waals surface area (Å²) >= 11 is 1.68. The van der Waals surface area contributed by atoms with E-state index in [4.69, 9.17) is 16.5 Å². The highest BCUT2D eigenvalue weighted by atomic mass is 32.1. The van der Waals surface area contributed by atoms with Gasteiger partial charge in [-0.2, -0.15) is 9.97 Å². The highest BCUT2D eigenvalue weighted by Crippen LogP contribution is 2.35. The van der Waals surface area contributed by atoms with E-state index in [9.17, 15) is 0 Å². The van der Waals surface area contributed by atoms with E-state index in [-0.39, 0.29) is 5.95 Å². The molecular formula is C22H26N8S. The fourth-order valence-electron chi connectivity index (χ4n) is 4.30. The van der Waals surface area contributed by atoms with E-state index in [1.807, 2.05) is 18.3 Å². The predicted octanol–water partition coefficient (Wildman–Crippen LogP) is 3.76. The molecule has 31 heavy (non-hydrogen) atoms. The summed E-state index contributed by atoms with van der Waals surface area (Å²) in [5.74, 6) is 1.87. The van der Waals surface area contributed by atoms with Crippen LogP contribution in [0.3, 0.4) is 0 Å². The molecule has 1 saturated carbocycles. The van der Waals surface area contributed by atoms with E-state index in [0.717, 1.165) is 46.0 Å². The van der Waals surface area contributed by atoms with Gasteiger partial charge < -0.3 is 21.4 Å². The van der Waals surface area contributed by atoms with Crippen molar-refractivity contribution in [2.45, 2.75) is 44.7 Å². The molecule has 4 heterocycles. The Kier molecular flexibility index (Phi) is 5.52. The second-order valence-electron chi connectivity index (χ2n) is 7.86. The molecule has 0 atom stereocenters. The minimum atomic E-state index is 0.250. The van der Waals surface area contributed by atoms with Crippen LogP contribution in [0.25, 0.3) is 21.7 Å². The summed E-state index contributed by atoms with van der Waals surface area (Å²) in [7, 11) is 0. The van der Waals surface area contributed by atoms with E-state index >= 15 is 0 Å². The minimum absolute atomic E-state index is 0.250. The number of thiophene rings is 1. The summed E-state index contributed by atoms with van der Waals surface area (Å²) in [4.78, 5) is 19.6. The zero-order valence-corrected chi connectivity index (χ0v) is 18.1. The van der Waals surface area contributed by atoms with Crippen molar-refractivity contribution in [3.8, 4) is 10.6 Å². The topological polar surface area (TPSA) is 121 Å². The summed E-state index contributed by atoms with van der Waals surface area (Å²) in [5.41, 5.74) is 15.5. The number of nitrogens with zero attached hydrogens (tertiary/aromatic N) is 5. The van der Waals surface area contributed by atoms with Gasteiger partial charge in [-0.05, 0) is 42.5 Å². The lowest BCUT2D eigenvalue weighted by atomic mass is 10.2. The van der Waals surface area contributed by atoms with Gasteiger partial charge in [-0.3, -0.25) is 4.98 Å². The Morgan fingerprint density at radius 1 is 1.13 bits per heavy atom. The number of nitrogen functional groups attached to an aromatic ring is 1.